The maximum Gasteiger partial charge on any atom is 0.407 e. The average molecular weight is 409 g/mol. The maximum absolute atomic E-state index is 12.0. The molecule has 2 amide bonds. The van der Waals surface area contributed by atoms with Crippen LogP contribution in [0.5, 0.6) is 5.75 Å². The van der Waals surface area contributed by atoms with E-state index in [1.54, 1.807) is 26.8 Å². The molecule has 1 atom stereocenters. The summed E-state index contributed by atoms with van der Waals surface area (Å²) < 4.78 is 11.1. The largest absolute Gasteiger partial charge is 0.490 e. The summed E-state index contributed by atoms with van der Waals surface area (Å²) in [7, 11) is 0. The van der Waals surface area contributed by atoms with Gasteiger partial charge in [0.1, 0.15) is 18.0 Å². The lowest BCUT2D eigenvalue weighted by Gasteiger charge is -2.24. The monoisotopic (exact) mass is 408 g/mol. The number of nitrogens with two attached hydrogens (primary N) is 1. The Balaban J connectivity index is 2.75. The molecule has 1 rings (SSSR count). The van der Waals surface area contributed by atoms with E-state index in [1.165, 1.54) is 0 Å². The van der Waals surface area contributed by atoms with E-state index in [0.717, 1.165) is 18.4 Å². The molecule has 0 bridgehead atoms. The van der Waals surface area contributed by atoms with E-state index < -0.39 is 23.6 Å². The fraction of sp³-hybridized carbons (Fsp3) is 0.524. The molecule has 0 unspecified atom stereocenters. The number of benzene rings is 1. The van der Waals surface area contributed by atoms with Crippen LogP contribution in [0.4, 0.5) is 4.79 Å². The van der Waals surface area contributed by atoms with Crippen LogP contribution in [-0.2, 0) is 16.0 Å². The Kier molecular flexibility index (Phi) is 9.67. The number of hydrogen-bond acceptors (Lipinski definition) is 4. The minimum Gasteiger partial charge on any atom is -0.490 e. The average Bonchev–Trinajstić information content (AvgIpc) is 2.58. The van der Waals surface area contributed by atoms with Crippen molar-refractivity contribution >= 4 is 23.6 Å². The molecule has 0 spiro atoms. The van der Waals surface area contributed by atoms with Crippen molar-refractivity contribution in [2.24, 2.45) is 5.73 Å². The van der Waals surface area contributed by atoms with E-state index in [1.807, 2.05) is 12.1 Å². The van der Waals surface area contributed by atoms with Gasteiger partial charge in [-0.05, 0) is 51.7 Å². The molecule has 0 fully saturated rings. The highest BCUT2D eigenvalue weighted by molar-refractivity contribution is 6.32. The molecule has 0 heterocycles. The van der Waals surface area contributed by atoms with Crippen LogP contribution in [0.25, 0.3) is 0 Å². The van der Waals surface area contributed by atoms with Crippen LogP contribution in [0.15, 0.2) is 18.2 Å². The Labute approximate surface area is 172 Å². The molecular weight excluding hydrogens is 380 g/mol. The lowest BCUT2D eigenvalue weighted by molar-refractivity contribution is -0.118. The predicted molar refractivity (Wildman–Crippen MR) is 110 cm³/mol. The molecule has 0 aromatic heterocycles. The van der Waals surface area contributed by atoms with Gasteiger partial charge in [0.15, 0.2) is 0 Å². The number of primary amides is 1. The number of hydrogen-bond donors (Lipinski definition) is 2. The zero-order valence-corrected chi connectivity index (χ0v) is 17.5. The van der Waals surface area contributed by atoms with Gasteiger partial charge in [-0.1, -0.05) is 23.7 Å². The number of alkyl carbamates (subject to hydrolysis) is 1. The number of carbonyl (C=O) groups excluding carboxylic acids is 2. The second-order valence-electron chi connectivity index (χ2n) is 7.45. The Bertz CT molecular complexity index is 707. The summed E-state index contributed by atoms with van der Waals surface area (Å²) in [6, 6.07) is 5.08. The van der Waals surface area contributed by atoms with Gasteiger partial charge >= 0.3 is 6.09 Å². The summed E-state index contributed by atoms with van der Waals surface area (Å²) in [5, 5.41) is 3.23. The highest BCUT2D eigenvalue weighted by atomic mass is 35.5. The van der Waals surface area contributed by atoms with Gasteiger partial charge in [0.05, 0.1) is 11.1 Å². The molecular formula is C21H29ClN2O4. The zero-order valence-electron chi connectivity index (χ0n) is 16.7. The number of unbranched alkanes of at least 4 members (excludes halogenated alkanes) is 1. The molecule has 154 valence electrons. The molecule has 28 heavy (non-hydrogen) atoms. The van der Waals surface area contributed by atoms with Crippen molar-refractivity contribution in [3.05, 3.63) is 28.8 Å². The first-order valence-corrected chi connectivity index (χ1v) is 9.61. The number of rotatable bonds is 10. The summed E-state index contributed by atoms with van der Waals surface area (Å²) in [4.78, 5) is 23.2. The van der Waals surface area contributed by atoms with Crippen molar-refractivity contribution in [2.75, 3.05) is 6.61 Å². The number of terminal acetylenes is 1. The lowest BCUT2D eigenvalue weighted by Crippen LogP contribution is -2.42. The van der Waals surface area contributed by atoms with Gasteiger partial charge in [-0.3, -0.25) is 4.79 Å². The third-order valence-corrected chi connectivity index (χ3v) is 4.14. The Morgan fingerprint density at radius 1 is 1.36 bits per heavy atom. The highest BCUT2D eigenvalue weighted by Crippen LogP contribution is 2.29. The number of ether oxygens (including phenoxy) is 2. The minimum atomic E-state index is -0.630. The van der Waals surface area contributed by atoms with Crippen LogP contribution < -0.4 is 15.8 Å². The van der Waals surface area contributed by atoms with Gasteiger partial charge in [-0.15, -0.1) is 12.3 Å². The maximum atomic E-state index is 12.0. The third-order valence-electron chi connectivity index (χ3n) is 3.71. The van der Waals surface area contributed by atoms with Crippen molar-refractivity contribution in [1.82, 2.24) is 5.32 Å². The van der Waals surface area contributed by atoms with E-state index in [-0.39, 0.29) is 13.0 Å². The third kappa shape index (κ3) is 9.52. The molecule has 0 saturated carbocycles. The first-order chi connectivity index (χ1) is 13.1. The topological polar surface area (TPSA) is 90.6 Å². The van der Waals surface area contributed by atoms with Crippen LogP contribution in [0.3, 0.4) is 0 Å². The zero-order chi connectivity index (χ0) is 21.2. The fourth-order valence-corrected chi connectivity index (χ4v) is 2.69. The molecule has 7 heteroatoms. The Morgan fingerprint density at radius 3 is 2.68 bits per heavy atom. The van der Waals surface area contributed by atoms with Gasteiger partial charge < -0.3 is 20.5 Å². The van der Waals surface area contributed by atoms with Crippen molar-refractivity contribution in [3.63, 3.8) is 0 Å². The Hall–Kier alpha value is -2.39. The van der Waals surface area contributed by atoms with Crippen molar-refractivity contribution < 1.29 is 19.1 Å². The summed E-state index contributed by atoms with van der Waals surface area (Å²) >= 11 is 6.43. The van der Waals surface area contributed by atoms with Gasteiger partial charge in [-0.2, -0.15) is 0 Å². The minimum absolute atomic E-state index is 0.115. The summed E-state index contributed by atoms with van der Waals surface area (Å²) in [6.07, 6.45) is 7.41. The molecule has 0 aliphatic heterocycles. The second-order valence-corrected chi connectivity index (χ2v) is 7.82. The second kappa shape index (κ2) is 11.5. The molecule has 1 aromatic carbocycles. The Morgan fingerprint density at radius 2 is 2.07 bits per heavy atom. The number of carbonyl (C=O) groups is 2. The van der Waals surface area contributed by atoms with E-state index in [0.29, 0.717) is 23.6 Å². The molecule has 0 radical (unpaired) electrons. The van der Waals surface area contributed by atoms with Gasteiger partial charge in [0.2, 0.25) is 5.91 Å². The predicted octanol–water partition coefficient (Wildman–Crippen LogP) is 3.83. The van der Waals surface area contributed by atoms with Crippen molar-refractivity contribution in [1.29, 1.82) is 0 Å². The number of amides is 2. The lowest BCUT2D eigenvalue weighted by atomic mass is 10.1. The molecule has 1 aromatic rings. The van der Waals surface area contributed by atoms with E-state index in [9.17, 15) is 9.59 Å². The highest BCUT2D eigenvalue weighted by Gasteiger charge is 2.21. The van der Waals surface area contributed by atoms with Crippen molar-refractivity contribution in [3.8, 4) is 18.1 Å². The molecule has 6 nitrogen and oxygen atoms in total. The SMILES string of the molecule is C#CCCCc1cccc(OC[C@H](CCC(N)=O)NC(=O)OC(C)(C)C)c1Cl. The molecule has 3 N–H and O–H groups in total. The molecule has 0 saturated heterocycles. The smallest absolute Gasteiger partial charge is 0.407 e. The van der Waals surface area contributed by atoms with E-state index >= 15 is 0 Å². The van der Waals surface area contributed by atoms with Crippen LogP contribution >= 0.6 is 11.6 Å². The number of aryl methyl sites for hydroxylation is 1. The van der Waals surface area contributed by atoms with Crippen LogP contribution in [0, 0.1) is 12.3 Å². The van der Waals surface area contributed by atoms with Gasteiger partial charge in [0, 0.05) is 12.8 Å². The van der Waals surface area contributed by atoms with Crippen LogP contribution in [0.1, 0.15) is 52.0 Å². The van der Waals surface area contributed by atoms with Crippen LogP contribution in [-0.4, -0.2) is 30.3 Å². The van der Waals surface area contributed by atoms with Crippen molar-refractivity contribution in [2.45, 2.75) is 64.5 Å². The summed E-state index contributed by atoms with van der Waals surface area (Å²) in [6.45, 7) is 5.44. The standard InChI is InChI=1S/C21H29ClN2O4/c1-5-6-7-9-15-10-8-11-17(19(15)22)27-14-16(12-13-18(23)25)24-20(26)28-21(2,3)4/h1,8,10-11,16H,6-7,9,12-14H2,2-4H3,(H2,23,25)(H,24,26)/t16-/m0/s1. The van der Waals surface area contributed by atoms with E-state index in [4.69, 9.17) is 33.2 Å². The number of halogens is 1. The summed E-state index contributed by atoms with van der Waals surface area (Å²) in [5.41, 5.74) is 5.54. The summed E-state index contributed by atoms with van der Waals surface area (Å²) in [5.74, 6) is 2.66. The van der Waals surface area contributed by atoms with Gasteiger partial charge in [0.25, 0.3) is 0 Å². The number of nitrogens with one attached hydrogen (secondary N) is 1. The molecule has 0 aliphatic rings. The molecule has 0 aliphatic carbocycles. The van der Waals surface area contributed by atoms with E-state index in [2.05, 4.69) is 11.2 Å². The van der Waals surface area contributed by atoms with Crippen LogP contribution in [0.2, 0.25) is 5.02 Å². The first-order valence-electron chi connectivity index (χ1n) is 9.24. The first kappa shape index (κ1) is 23.6. The normalized spacial score (nSPS) is 12.0. The quantitative estimate of drug-likeness (QED) is 0.454. The van der Waals surface area contributed by atoms with Gasteiger partial charge in [-0.25, -0.2) is 4.79 Å². The fourth-order valence-electron chi connectivity index (χ4n) is 2.42.